The summed E-state index contributed by atoms with van der Waals surface area (Å²) in [4.78, 5) is 25.8. The van der Waals surface area contributed by atoms with Crippen LogP contribution in [0.15, 0.2) is 0 Å². The summed E-state index contributed by atoms with van der Waals surface area (Å²) in [6.07, 6.45) is -61.2. The van der Waals surface area contributed by atoms with Crippen LogP contribution >= 0.6 is 0 Å². The van der Waals surface area contributed by atoms with E-state index in [-0.39, 0.29) is 0 Å². The van der Waals surface area contributed by atoms with Crippen LogP contribution in [0.4, 0.5) is 0 Å². The summed E-state index contributed by atoms with van der Waals surface area (Å²) >= 11 is 0. The van der Waals surface area contributed by atoms with Gasteiger partial charge in [-0.2, -0.15) is 42.1 Å². The third kappa shape index (κ3) is 17.8. The van der Waals surface area contributed by atoms with Gasteiger partial charge < -0.3 is 103 Å². The van der Waals surface area contributed by atoms with Gasteiger partial charge in [0, 0.05) is 21.3 Å². The molecule has 81 heavy (non-hydrogen) atoms. The lowest BCUT2D eigenvalue weighted by Gasteiger charge is -2.50. The Morgan fingerprint density at radius 2 is 0.728 bits per heavy atom. The molecule has 0 bridgehead atoms. The number of aliphatic hydroxyl groups excluding tert-OH is 7. The highest BCUT2D eigenvalue weighted by molar-refractivity contribution is 7.81. The van der Waals surface area contributed by atoms with E-state index >= 15 is 0 Å². The van der Waals surface area contributed by atoms with Gasteiger partial charge >= 0.3 is 63.9 Å². The maximum atomic E-state index is 12.9. The van der Waals surface area contributed by atoms with E-state index in [2.05, 4.69) is 20.9 Å². The first kappa shape index (κ1) is 69.3. The van der Waals surface area contributed by atoms with E-state index in [1.807, 2.05) is 0 Å². The molecule has 0 radical (unpaired) electrons. The Morgan fingerprint density at radius 1 is 0.383 bits per heavy atom. The molecular formula is C33H54O43S5. The molecule has 0 spiro atoms. The van der Waals surface area contributed by atoms with Gasteiger partial charge in [-0.1, -0.05) is 0 Å². The molecule has 0 aromatic carbocycles. The van der Waals surface area contributed by atoms with Crippen molar-refractivity contribution in [3.63, 3.8) is 0 Å². The number of hydrogen-bond donors (Lipinski definition) is 14. The summed E-state index contributed by atoms with van der Waals surface area (Å²) in [5.41, 5.74) is 0. The molecule has 0 amide bonds. The third-order valence-corrected chi connectivity index (χ3v) is 14.3. The van der Waals surface area contributed by atoms with Crippen molar-refractivity contribution in [3.05, 3.63) is 0 Å². The summed E-state index contributed by atoms with van der Waals surface area (Å²) in [5.74, 6) is -4.23. The zero-order valence-corrected chi connectivity index (χ0v) is 44.8. The Kier molecular flexibility index (Phi) is 23.5. The highest BCUT2D eigenvalue weighted by Crippen LogP contribution is 2.39. The van der Waals surface area contributed by atoms with Crippen molar-refractivity contribution in [2.45, 2.75) is 154 Å². The fraction of sp³-hybridized carbons (Fsp3) is 0.939. The molecule has 43 nitrogen and oxygen atoms in total. The molecular weight excluding hydrogens is 1240 g/mol. The average molecular weight is 1300 g/mol. The molecule has 5 saturated heterocycles. The fourth-order valence-corrected chi connectivity index (χ4v) is 11.1. The van der Waals surface area contributed by atoms with Gasteiger partial charge in [0.15, 0.2) is 49.8 Å². The van der Waals surface area contributed by atoms with Crippen molar-refractivity contribution in [2.75, 3.05) is 41.2 Å². The van der Waals surface area contributed by atoms with E-state index in [9.17, 15) is 116 Å². The molecule has 5 aliphatic heterocycles. The van der Waals surface area contributed by atoms with Crippen LogP contribution in [-0.4, -0.2) is 317 Å². The van der Waals surface area contributed by atoms with Crippen molar-refractivity contribution < 1.29 is 198 Å². The van der Waals surface area contributed by atoms with Crippen molar-refractivity contribution in [1.82, 2.24) is 0 Å². The first-order chi connectivity index (χ1) is 37.3. The highest BCUT2D eigenvalue weighted by Gasteiger charge is 2.61. The van der Waals surface area contributed by atoms with E-state index < -0.39 is 237 Å². The van der Waals surface area contributed by atoms with E-state index in [1.165, 1.54) is 0 Å². The second-order valence-electron chi connectivity index (χ2n) is 17.2. The van der Waals surface area contributed by atoms with Crippen LogP contribution in [-0.2, 0) is 139 Å². The minimum atomic E-state index is -5.88. The van der Waals surface area contributed by atoms with Crippen molar-refractivity contribution in [2.24, 2.45) is 0 Å². The van der Waals surface area contributed by atoms with Crippen LogP contribution in [0.2, 0.25) is 0 Å². The average Bonchev–Trinajstić information content (AvgIpc) is 3.33. The monoisotopic (exact) mass is 1300 g/mol. The SMILES string of the molecule is CO[C@@H]1[C@@H](OC)[C@H](O[C@H]2[C@H](OS(=O)(=O)O)[C@@H](O)[C@@H](O[C@H]3[C@H](OC)[C@@H](OS(=O)(=O)O)[C@H](O[C@H]4[C@H](OS(=O)(=O)O)[C@@H](O)[C@@H](O)O[C@@H]4CO)O[C@H]3C(=O)O)O[C@@H]2CO)O[C@H](C(=O)O)[C@H]1O[C@H]1O[C@H](COS(=O)(=O)O)[C@@H](O)[C@H](OS(=O)(=O)O)[C@H]1O. The summed E-state index contributed by atoms with van der Waals surface area (Å²) in [7, 11) is -26.0. The van der Waals surface area contributed by atoms with Gasteiger partial charge in [-0.3, -0.25) is 22.8 Å². The Bertz CT molecular complexity index is 2700. The largest absolute Gasteiger partial charge is 0.479 e. The maximum Gasteiger partial charge on any atom is 0.397 e. The molecule has 5 fully saturated rings. The number of carbonyl (C=O) groups is 2. The number of aliphatic hydroxyl groups is 7. The molecule has 0 aliphatic carbocycles. The van der Waals surface area contributed by atoms with E-state index in [1.54, 1.807) is 0 Å². The molecule has 48 heteroatoms. The van der Waals surface area contributed by atoms with E-state index in [4.69, 9.17) is 61.4 Å². The number of methoxy groups -OCH3 is 3. The summed E-state index contributed by atoms with van der Waals surface area (Å²) < 4.78 is 254. The van der Waals surface area contributed by atoms with Crippen LogP contribution in [0.1, 0.15) is 0 Å². The first-order valence-electron chi connectivity index (χ1n) is 22.1. The summed E-state index contributed by atoms with van der Waals surface area (Å²) in [6, 6.07) is 0. The molecule has 25 atom stereocenters. The number of hydrogen-bond acceptors (Lipinski definition) is 36. The number of ether oxygens (including phenoxy) is 12. The molecule has 474 valence electrons. The molecule has 5 rings (SSSR count). The van der Waals surface area contributed by atoms with E-state index in [0.717, 1.165) is 14.2 Å². The van der Waals surface area contributed by atoms with Gasteiger partial charge in [-0.05, 0) is 0 Å². The molecule has 0 aromatic heterocycles. The van der Waals surface area contributed by atoms with Crippen molar-refractivity contribution in [1.29, 1.82) is 0 Å². The fourth-order valence-electron chi connectivity index (χ4n) is 8.78. The Balaban J connectivity index is 1.49. The minimum absolute atomic E-state index is 0.670. The number of rotatable bonds is 26. The second-order valence-corrected chi connectivity index (χ2v) is 22.5. The maximum absolute atomic E-state index is 12.9. The van der Waals surface area contributed by atoms with Crippen molar-refractivity contribution in [3.8, 4) is 0 Å². The lowest BCUT2D eigenvalue weighted by Crippen LogP contribution is -2.69. The molecule has 5 aliphatic rings. The van der Waals surface area contributed by atoms with Gasteiger partial charge in [-0.25, -0.2) is 30.5 Å². The van der Waals surface area contributed by atoms with Gasteiger partial charge in [0.05, 0.1) is 19.8 Å². The van der Waals surface area contributed by atoms with Crippen LogP contribution in [0, 0.1) is 0 Å². The minimum Gasteiger partial charge on any atom is -0.479 e. The number of aliphatic carboxylic acids is 2. The summed E-state index contributed by atoms with van der Waals surface area (Å²) in [6.45, 7) is -4.15. The van der Waals surface area contributed by atoms with Gasteiger partial charge in [0.25, 0.3) is 0 Å². The van der Waals surface area contributed by atoms with Crippen LogP contribution < -0.4 is 0 Å². The second kappa shape index (κ2) is 27.5. The van der Waals surface area contributed by atoms with Gasteiger partial charge in [-0.15, -0.1) is 0 Å². The van der Waals surface area contributed by atoms with Gasteiger partial charge in [0.1, 0.15) is 104 Å². The zero-order valence-electron chi connectivity index (χ0n) is 40.7. The highest BCUT2D eigenvalue weighted by atomic mass is 32.3. The number of carboxylic acids is 2. The zero-order chi connectivity index (χ0) is 61.2. The quantitative estimate of drug-likeness (QED) is 0.0358. The standard InChI is InChI=1S/C33H54O43S5/c1-60-19-21(69-30-12(38)16(73-78(48,49)50)10(36)9(66-30)6-63-77(45,46)47)23(27(40)41)71-32(25(19)62-3)67-15-8(5-35)65-31(13(39)18(15)75-80(54,55)56)70-22-20(61-2)26(76-81(57,58)59)33(72-24(22)28(42)43)68-14-7(4-34)64-29(44)11(37)17(14)74-79(51,52)53/h7-26,29-39,44H,4-6H2,1-3H3,(H,40,41)(H,42,43)(H,45,46,47)(H,48,49,50)(H,51,52,53)(H,54,55,56)(H,57,58,59)/t7-,8-,9-,10-,11-,12-,13-,14-,15-,16+,17-,18-,19+,20+,21+,22+,23+,24-,25-,26-,29+,30-,31-,32-,33-/m1/s1. The predicted molar refractivity (Wildman–Crippen MR) is 234 cm³/mol. The normalized spacial score (nSPS) is 41.3. The van der Waals surface area contributed by atoms with Crippen LogP contribution in [0.5, 0.6) is 0 Å². The van der Waals surface area contributed by atoms with Gasteiger partial charge in [0.2, 0.25) is 0 Å². The smallest absolute Gasteiger partial charge is 0.397 e. The molecule has 5 heterocycles. The third-order valence-electron chi connectivity index (χ3n) is 12.0. The van der Waals surface area contributed by atoms with Crippen molar-refractivity contribution >= 4 is 63.9 Å². The Labute approximate surface area is 455 Å². The first-order valence-corrected chi connectivity index (χ1v) is 28.9. The predicted octanol–water partition coefficient (Wildman–Crippen LogP) is -10.6. The lowest BCUT2D eigenvalue weighted by molar-refractivity contribution is -0.387. The molecule has 0 saturated carbocycles. The summed E-state index contributed by atoms with van der Waals surface area (Å²) in [5, 5.41) is 95.4. The van der Waals surface area contributed by atoms with Crippen LogP contribution in [0.3, 0.4) is 0 Å². The molecule has 0 aromatic rings. The lowest BCUT2D eigenvalue weighted by atomic mass is 9.95. The van der Waals surface area contributed by atoms with Crippen LogP contribution in [0.25, 0.3) is 0 Å². The molecule has 0 unspecified atom stereocenters. The Hall–Kier alpha value is -2.47. The number of carboxylic acid groups (broad SMARTS) is 2. The molecule has 14 N–H and O–H groups in total. The van der Waals surface area contributed by atoms with E-state index in [0.29, 0.717) is 7.11 Å². The Morgan fingerprint density at radius 3 is 1.12 bits per heavy atom. The topological polar surface area (TPSA) is 645 Å².